The second-order valence-electron chi connectivity index (χ2n) is 5.53. The van der Waals surface area contributed by atoms with Gasteiger partial charge in [-0.05, 0) is 34.9 Å². The fourth-order valence-electron chi connectivity index (χ4n) is 3.00. The predicted octanol–water partition coefficient (Wildman–Crippen LogP) is 3.61. The number of halogens is 3. The van der Waals surface area contributed by atoms with Crippen molar-refractivity contribution in [3.63, 3.8) is 0 Å². The molecule has 2 N–H and O–H groups in total. The molecule has 0 atom stereocenters. The van der Waals surface area contributed by atoms with Crippen LogP contribution in [0.1, 0.15) is 16.7 Å². The van der Waals surface area contributed by atoms with E-state index in [2.05, 4.69) is 22.3 Å². The van der Waals surface area contributed by atoms with Crippen molar-refractivity contribution < 1.29 is 27.8 Å². The molecule has 0 radical (unpaired) electrons. The van der Waals surface area contributed by atoms with Crippen molar-refractivity contribution in [2.45, 2.75) is 25.9 Å². The van der Waals surface area contributed by atoms with E-state index in [4.69, 9.17) is 4.74 Å². The summed E-state index contributed by atoms with van der Waals surface area (Å²) in [5.41, 5.74) is 4.07. The fourth-order valence-corrected chi connectivity index (χ4v) is 3.17. The van der Waals surface area contributed by atoms with Crippen LogP contribution < -0.4 is 14.2 Å². The largest absolute Gasteiger partial charge is 0.573 e. The highest BCUT2D eigenvalue weighted by Crippen LogP contribution is 2.41. The summed E-state index contributed by atoms with van der Waals surface area (Å²) >= 11 is 4.01. The van der Waals surface area contributed by atoms with Crippen molar-refractivity contribution in [2.75, 3.05) is 6.61 Å². The molecule has 134 valence electrons. The number of ether oxygens (including phenoxy) is 2. The first kappa shape index (κ1) is 17.9. The lowest BCUT2D eigenvalue weighted by molar-refractivity contribution is -0.274. The minimum Gasteiger partial charge on any atom is -0.492 e. The van der Waals surface area contributed by atoms with Crippen LogP contribution in [0, 0.1) is 0 Å². The van der Waals surface area contributed by atoms with Gasteiger partial charge in [0.1, 0.15) is 11.5 Å². The monoisotopic (exact) mass is 371 g/mol. The normalized spacial score (nSPS) is 13.5. The molecule has 0 amide bonds. The fraction of sp³-hybridized carbons (Fsp3) is 0.294. The van der Waals surface area contributed by atoms with E-state index in [1.165, 1.54) is 12.1 Å². The van der Waals surface area contributed by atoms with Crippen LogP contribution in [-0.2, 0) is 19.6 Å². The van der Waals surface area contributed by atoms with Gasteiger partial charge in [0.2, 0.25) is 0 Å². The highest BCUT2D eigenvalue weighted by molar-refractivity contribution is 7.78. The van der Waals surface area contributed by atoms with Gasteiger partial charge in [0.05, 0.1) is 13.2 Å². The van der Waals surface area contributed by atoms with Gasteiger partial charge in [-0.15, -0.1) is 13.2 Å². The van der Waals surface area contributed by atoms with Crippen molar-refractivity contribution in [1.82, 2.24) is 4.72 Å². The van der Waals surface area contributed by atoms with Crippen LogP contribution in [-0.4, -0.2) is 18.1 Å². The zero-order valence-electron chi connectivity index (χ0n) is 13.1. The van der Waals surface area contributed by atoms with Gasteiger partial charge in [-0.3, -0.25) is 4.72 Å². The van der Waals surface area contributed by atoms with E-state index >= 15 is 0 Å². The maximum atomic E-state index is 12.3. The summed E-state index contributed by atoms with van der Waals surface area (Å²) in [4.78, 5) is 0. The molecule has 2 aromatic carbocycles. The maximum absolute atomic E-state index is 12.3. The molecule has 8 heteroatoms. The van der Waals surface area contributed by atoms with E-state index in [9.17, 15) is 18.3 Å². The second-order valence-corrected chi connectivity index (χ2v) is 5.85. The molecule has 0 saturated carbocycles. The van der Waals surface area contributed by atoms with Gasteiger partial charge in [0, 0.05) is 24.1 Å². The molecule has 0 spiro atoms. The summed E-state index contributed by atoms with van der Waals surface area (Å²) in [7, 11) is 0. The van der Waals surface area contributed by atoms with Crippen LogP contribution >= 0.6 is 12.8 Å². The molecule has 0 fully saturated rings. The number of nitrogens with one attached hydrogen (secondary N) is 1. The molecule has 0 bridgehead atoms. The Morgan fingerprint density at radius 3 is 2.56 bits per heavy atom. The first-order valence-corrected chi connectivity index (χ1v) is 8.02. The summed E-state index contributed by atoms with van der Waals surface area (Å²) < 4.78 is 49.2. The third-order valence-corrected chi connectivity index (χ3v) is 4.17. The molecule has 2 aromatic rings. The smallest absolute Gasteiger partial charge is 0.492 e. The molecule has 25 heavy (non-hydrogen) atoms. The highest BCUT2D eigenvalue weighted by Gasteiger charge is 2.31. The number of fused-ring (bicyclic) bond motifs is 1. The molecule has 1 aliphatic rings. The average molecular weight is 371 g/mol. The second kappa shape index (κ2) is 7.15. The molecule has 0 aromatic heterocycles. The number of aliphatic hydroxyl groups excluding tert-OH is 1. The van der Waals surface area contributed by atoms with E-state index in [0.717, 1.165) is 22.3 Å². The average Bonchev–Trinajstić information content (AvgIpc) is 3.03. The van der Waals surface area contributed by atoms with Crippen LogP contribution in [0.15, 0.2) is 30.3 Å². The van der Waals surface area contributed by atoms with Gasteiger partial charge in [-0.1, -0.05) is 24.9 Å². The Kier molecular flexibility index (Phi) is 5.12. The predicted molar refractivity (Wildman–Crippen MR) is 89.5 cm³/mol. The van der Waals surface area contributed by atoms with Gasteiger partial charge in [0.15, 0.2) is 0 Å². The summed E-state index contributed by atoms with van der Waals surface area (Å²) in [6.45, 7) is 0.825. The molecule has 3 rings (SSSR count). The SMILES string of the molecule is OCc1c(CNS)cc(-c2ccc(OC(F)(F)F)cc2)c2c1CCO2. The van der Waals surface area contributed by atoms with E-state index in [1.54, 1.807) is 12.1 Å². The maximum Gasteiger partial charge on any atom is 0.573 e. The molecular weight excluding hydrogens is 355 g/mol. The number of hydrogen-bond donors (Lipinski definition) is 3. The number of thiol groups is 1. The molecule has 1 heterocycles. The Morgan fingerprint density at radius 2 is 1.96 bits per heavy atom. The molecule has 0 aliphatic carbocycles. The summed E-state index contributed by atoms with van der Waals surface area (Å²) in [5.74, 6) is 0.384. The van der Waals surface area contributed by atoms with Crippen LogP contribution in [0.2, 0.25) is 0 Å². The van der Waals surface area contributed by atoms with Crippen LogP contribution in [0.4, 0.5) is 13.2 Å². The minimum atomic E-state index is -4.72. The lowest BCUT2D eigenvalue weighted by Gasteiger charge is -2.16. The zero-order chi connectivity index (χ0) is 18.0. The van der Waals surface area contributed by atoms with Crippen molar-refractivity contribution >= 4 is 12.8 Å². The van der Waals surface area contributed by atoms with Gasteiger partial charge in [-0.25, -0.2) is 0 Å². The summed E-state index contributed by atoms with van der Waals surface area (Å²) in [6, 6.07) is 7.49. The van der Waals surface area contributed by atoms with Gasteiger partial charge in [0.25, 0.3) is 0 Å². The molecule has 1 aliphatic heterocycles. The number of benzene rings is 2. The van der Waals surface area contributed by atoms with Crippen LogP contribution in [0.3, 0.4) is 0 Å². The number of alkyl halides is 3. The van der Waals surface area contributed by atoms with Gasteiger partial charge in [-0.2, -0.15) is 0 Å². The topological polar surface area (TPSA) is 50.7 Å². The third kappa shape index (κ3) is 3.86. The van der Waals surface area contributed by atoms with Gasteiger partial charge < -0.3 is 14.6 Å². The van der Waals surface area contributed by atoms with Crippen molar-refractivity contribution in [2.24, 2.45) is 0 Å². The summed E-state index contributed by atoms with van der Waals surface area (Å²) in [6.07, 6.45) is -4.05. The van der Waals surface area contributed by atoms with Crippen LogP contribution in [0.25, 0.3) is 11.1 Å². The van der Waals surface area contributed by atoms with Gasteiger partial charge >= 0.3 is 6.36 Å². The molecule has 4 nitrogen and oxygen atoms in total. The van der Waals surface area contributed by atoms with Crippen molar-refractivity contribution in [1.29, 1.82) is 0 Å². The number of aliphatic hydroxyl groups is 1. The van der Waals surface area contributed by atoms with E-state index in [1.807, 2.05) is 6.07 Å². The Hall–Kier alpha value is -1.90. The Morgan fingerprint density at radius 1 is 1.24 bits per heavy atom. The lowest BCUT2D eigenvalue weighted by atomic mass is 9.92. The van der Waals surface area contributed by atoms with E-state index < -0.39 is 6.36 Å². The first-order chi connectivity index (χ1) is 11.9. The Bertz CT molecular complexity index is 763. The number of hydrogen-bond acceptors (Lipinski definition) is 5. The Balaban J connectivity index is 2.02. The lowest BCUT2D eigenvalue weighted by Crippen LogP contribution is -2.16. The first-order valence-electron chi connectivity index (χ1n) is 7.57. The standard InChI is InChI=1S/C17H16F3NO3S/c18-17(19,20)24-12-3-1-10(2-4-12)14-7-11(8-21-25)15(9-22)13-5-6-23-16(13)14/h1-4,7,21-22,25H,5-6,8-9H2. The summed E-state index contributed by atoms with van der Waals surface area (Å²) in [5, 5.41) is 9.68. The zero-order valence-corrected chi connectivity index (χ0v) is 14.0. The van der Waals surface area contributed by atoms with Crippen molar-refractivity contribution in [3.8, 4) is 22.6 Å². The van der Waals surface area contributed by atoms with E-state index in [-0.39, 0.29) is 12.4 Å². The number of rotatable bonds is 5. The molecule has 0 unspecified atom stereocenters. The minimum absolute atomic E-state index is 0.116. The third-order valence-electron chi connectivity index (χ3n) is 4.01. The highest BCUT2D eigenvalue weighted by atomic mass is 32.1. The quantitative estimate of drug-likeness (QED) is 0.703. The Labute approximate surface area is 148 Å². The molecular formula is C17H16F3NO3S. The molecule has 0 saturated heterocycles. The van der Waals surface area contributed by atoms with Crippen LogP contribution in [0.5, 0.6) is 11.5 Å². The van der Waals surface area contributed by atoms with E-state index in [0.29, 0.717) is 30.9 Å². The van der Waals surface area contributed by atoms with Crippen molar-refractivity contribution in [3.05, 3.63) is 47.0 Å².